The molecule has 1 aromatic rings. The van der Waals surface area contributed by atoms with Gasteiger partial charge in [-0.3, -0.25) is 4.98 Å². The Hall–Kier alpha value is -0.930. The van der Waals surface area contributed by atoms with Gasteiger partial charge in [-0.15, -0.1) is 0 Å². The lowest BCUT2D eigenvalue weighted by Crippen LogP contribution is -2.46. The number of aliphatic hydroxyl groups excluding tert-OH is 1. The molecular formula is C14H24N2O. The molecule has 0 saturated heterocycles. The van der Waals surface area contributed by atoms with Crippen LogP contribution in [-0.4, -0.2) is 28.8 Å². The summed E-state index contributed by atoms with van der Waals surface area (Å²) in [5, 5.41) is 12.5. The molecule has 0 fully saturated rings. The first-order chi connectivity index (χ1) is 7.87. The van der Waals surface area contributed by atoms with Gasteiger partial charge in [0.25, 0.3) is 0 Å². The average molecular weight is 236 g/mol. The topological polar surface area (TPSA) is 45.1 Å². The summed E-state index contributed by atoms with van der Waals surface area (Å²) >= 11 is 0. The maximum atomic E-state index is 9.00. The van der Waals surface area contributed by atoms with E-state index in [2.05, 4.69) is 44.1 Å². The minimum atomic E-state index is -0.0335. The van der Waals surface area contributed by atoms with Crippen molar-refractivity contribution >= 4 is 0 Å². The number of hydrogen-bond acceptors (Lipinski definition) is 3. The summed E-state index contributed by atoms with van der Waals surface area (Å²) in [6.45, 7) is 9.71. The highest BCUT2D eigenvalue weighted by Crippen LogP contribution is 2.22. The molecule has 0 spiro atoms. The standard InChI is InChI=1S/C14H24N2O/c1-13(2,12-6-5-8-15-10-12)11-16-14(3,4)7-9-17/h5-6,8,10,16-17H,7,9,11H2,1-4H3. The summed E-state index contributed by atoms with van der Waals surface area (Å²) < 4.78 is 0. The van der Waals surface area contributed by atoms with E-state index in [0.717, 1.165) is 13.0 Å². The molecule has 1 rings (SSSR count). The molecule has 1 aromatic heterocycles. The third kappa shape index (κ3) is 4.44. The largest absolute Gasteiger partial charge is 0.396 e. The summed E-state index contributed by atoms with van der Waals surface area (Å²) in [5.41, 5.74) is 1.24. The molecule has 96 valence electrons. The first-order valence-electron chi connectivity index (χ1n) is 6.14. The average Bonchev–Trinajstić information content (AvgIpc) is 2.28. The zero-order valence-electron chi connectivity index (χ0n) is 11.3. The maximum absolute atomic E-state index is 9.00. The zero-order valence-corrected chi connectivity index (χ0v) is 11.3. The van der Waals surface area contributed by atoms with E-state index in [4.69, 9.17) is 5.11 Å². The van der Waals surface area contributed by atoms with Gasteiger partial charge in [0, 0.05) is 36.5 Å². The molecular weight excluding hydrogens is 212 g/mol. The zero-order chi connectivity index (χ0) is 12.9. The highest BCUT2D eigenvalue weighted by molar-refractivity contribution is 5.20. The predicted octanol–water partition coefficient (Wildman–Crippen LogP) is 2.11. The number of rotatable bonds is 6. The van der Waals surface area contributed by atoms with Crippen LogP contribution in [0.5, 0.6) is 0 Å². The lowest BCUT2D eigenvalue weighted by atomic mass is 9.84. The van der Waals surface area contributed by atoms with Crippen LogP contribution in [0, 0.1) is 0 Å². The molecule has 0 aliphatic heterocycles. The number of aromatic nitrogens is 1. The Labute approximate surface area is 104 Å². The van der Waals surface area contributed by atoms with Crippen molar-refractivity contribution in [2.45, 2.75) is 45.1 Å². The molecule has 2 N–H and O–H groups in total. The molecule has 0 saturated carbocycles. The van der Waals surface area contributed by atoms with Crippen molar-refractivity contribution < 1.29 is 5.11 Å². The Morgan fingerprint density at radius 2 is 2.00 bits per heavy atom. The maximum Gasteiger partial charge on any atom is 0.0448 e. The van der Waals surface area contributed by atoms with E-state index < -0.39 is 0 Å². The lowest BCUT2D eigenvalue weighted by molar-refractivity contribution is 0.223. The molecule has 0 unspecified atom stereocenters. The Bertz CT molecular complexity index is 333. The van der Waals surface area contributed by atoms with E-state index in [1.165, 1.54) is 5.56 Å². The van der Waals surface area contributed by atoms with E-state index in [1.807, 2.05) is 12.3 Å². The third-order valence-electron chi connectivity index (χ3n) is 3.19. The molecule has 0 aliphatic rings. The van der Waals surface area contributed by atoms with E-state index in [0.29, 0.717) is 0 Å². The molecule has 0 atom stereocenters. The van der Waals surface area contributed by atoms with Crippen LogP contribution < -0.4 is 5.32 Å². The SMILES string of the molecule is CC(C)(CCO)NCC(C)(C)c1cccnc1. The molecule has 3 heteroatoms. The lowest BCUT2D eigenvalue weighted by Gasteiger charge is -2.32. The highest BCUT2D eigenvalue weighted by atomic mass is 16.3. The number of pyridine rings is 1. The van der Waals surface area contributed by atoms with Gasteiger partial charge >= 0.3 is 0 Å². The van der Waals surface area contributed by atoms with Crippen LogP contribution in [0.3, 0.4) is 0 Å². The normalized spacial score (nSPS) is 12.8. The summed E-state index contributed by atoms with van der Waals surface area (Å²) in [7, 11) is 0. The quantitative estimate of drug-likeness (QED) is 0.795. The fourth-order valence-electron chi connectivity index (χ4n) is 1.69. The molecule has 1 heterocycles. The van der Waals surface area contributed by atoms with Crippen LogP contribution in [-0.2, 0) is 5.41 Å². The Balaban J connectivity index is 2.62. The van der Waals surface area contributed by atoms with E-state index >= 15 is 0 Å². The fourth-order valence-corrected chi connectivity index (χ4v) is 1.69. The monoisotopic (exact) mass is 236 g/mol. The van der Waals surface area contributed by atoms with Gasteiger partial charge < -0.3 is 10.4 Å². The summed E-state index contributed by atoms with van der Waals surface area (Å²) in [4.78, 5) is 4.16. The minimum Gasteiger partial charge on any atom is -0.396 e. The summed E-state index contributed by atoms with van der Waals surface area (Å²) in [6, 6.07) is 4.07. The molecule has 0 amide bonds. The Morgan fingerprint density at radius 3 is 2.53 bits per heavy atom. The minimum absolute atomic E-state index is 0.0335. The van der Waals surface area contributed by atoms with Gasteiger partial charge in [-0.25, -0.2) is 0 Å². The number of nitrogens with zero attached hydrogens (tertiary/aromatic N) is 1. The van der Waals surface area contributed by atoms with Crippen LogP contribution in [0.2, 0.25) is 0 Å². The number of hydrogen-bond donors (Lipinski definition) is 2. The van der Waals surface area contributed by atoms with Crippen LogP contribution in [0.25, 0.3) is 0 Å². The molecule has 0 radical (unpaired) electrons. The Morgan fingerprint density at radius 1 is 1.29 bits per heavy atom. The van der Waals surface area contributed by atoms with E-state index in [1.54, 1.807) is 6.20 Å². The van der Waals surface area contributed by atoms with Crippen molar-refractivity contribution in [2.24, 2.45) is 0 Å². The van der Waals surface area contributed by atoms with Gasteiger partial charge in [-0.2, -0.15) is 0 Å². The number of nitrogens with one attached hydrogen (secondary N) is 1. The van der Waals surface area contributed by atoms with Crippen LogP contribution in [0.4, 0.5) is 0 Å². The van der Waals surface area contributed by atoms with E-state index in [-0.39, 0.29) is 17.6 Å². The van der Waals surface area contributed by atoms with Gasteiger partial charge in [0.15, 0.2) is 0 Å². The van der Waals surface area contributed by atoms with Crippen molar-refractivity contribution in [3.8, 4) is 0 Å². The van der Waals surface area contributed by atoms with Crippen molar-refractivity contribution in [3.63, 3.8) is 0 Å². The van der Waals surface area contributed by atoms with Crippen molar-refractivity contribution in [2.75, 3.05) is 13.2 Å². The van der Waals surface area contributed by atoms with Crippen molar-refractivity contribution in [1.29, 1.82) is 0 Å². The van der Waals surface area contributed by atoms with Crippen LogP contribution in [0.15, 0.2) is 24.5 Å². The molecule has 17 heavy (non-hydrogen) atoms. The Kier molecular flexibility index (Phi) is 4.66. The summed E-state index contributed by atoms with van der Waals surface area (Å²) in [6.07, 6.45) is 4.47. The number of aliphatic hydroxyl groups is 1. The fraction of sp³-hybridized carbons (Fsp3) is 0.643. The molecule has 0 aromatic carbocycles. The second-order valence-electron chi connectivity index (χ2n) is 5.84. The van der Waals surface area contributed by atoms with Crippen molar-refractivity contribution in [3.05, 3.63) is 30.1 Å². The van der Waals surface area contributed by atoms with Gasteiger partial charge in [0.2, 0.25) is 0 Å². The highest BCUT2D eigenvalue weighted by Gasteiger charge is 2.24. The third-order valence-corrected chi connectivity index (χ3v) is 3.19. The first-order valence-corrected chi connectivity index (χ1v) is 6.14. The molecule has 3 nitrogen and oxygen atoms in total. The second-order valence-corrected chi connectivity index (χ2v) is 5.84. The van der Waals surface area contributed by atoms with Crippen LogP contribution in [0.1, 0.15) is 39.7 Å². The van der Waals surface area contributed by atoms with E-state index in [9.17, 15) is 0 Å². The van der Waals surface area contributed by atoms with Crippen LogP contribution >= 0.6 is 0 Å². The second kappa shape index (κ2) is 5.61. The van der Waals surface area contributed by atoms with Gasteiger partial charge in [0.05, 0.1) is 0 Å². The predicted molar refractivity (Wildman–Crippen MR) is 71.0 cm³/mol. The smallest absolute Gasteiger partial charge is 0.0448 e. The van der Waals surface area contributed by atoms with Gasteiger partial charge in [-0.05, 0) is 31.9 Å². The van der Waals surface area contributed by atoms with Gasteiger partial charge in [0.1, 0.15) is 0 Å². The molecule has 0 aliphatic carbocycles. The van der Waals surface area contributed by atoms with Gasteiger partial charge in [-0.1, -0.05) is 19.9 Å². The van der Waals surface area contributed by atoms with Crippen molar-refractivity contribution in [1.82, 2.24) is 10.3 Å². The first kappa shape index (κ1) is 14.1. The summed E-state index contributed by atoms with van der Waals surface area (Å²) in [5.74, 6) is 0. The molecule has 0 bridgehead atoms.